The van der Waals surface area contributed by atoms with Gasteiger partial charge in [-0.05, 0) is 28.7 Å². The molecule has 0 atom stereocenters. The van der Waals surface area contributed by atoms with Crippen molar-refractivity contribution in [1.82, 2.24) is 9.55 Å². The van der Waals surface area contributed by atoms with Gasteiger partial charge >= 0.3 is 0 Å². The van der Waals surface area contributed by atoms with E-state index in [0.717, 1.165) is 19.6 Å². The summed E-state index contributed by atoms with van der Waals surface area (Å²) in [5.74, 6) is 0. The molecule has 0 aliphatic heterocycles. The van der Waals surface area contributed by atoms with E-state index in [0.29, 0.717) is 0 Å². The van der Waals surface area contributed by atoms with E-state index in [2.05, 4.69) is 27.6 Å². The first kappa shape index (κ1) is 8.31. The number of pyridine rings is 1. The predicted molar refractivity (Wildman–Crippen MR) is 58.4 cm³/mol. The van der Waals surface area contributed by atoms with Gasteiger partial charge in [0, 0.05) is 19.4 Å². The van der Waals surface area contributed by atoms with Gasteiger partial charge in [0.25, 0.3) is 0 Å². The van der Waals surface area contributed by atoms with Crippen LogP contribution in [0.5, 0.6) is 0 Å². The zero-order valence-electron chi connectivity index (χ0n) is 6.38. The molecule has 0 unspecified atom stereocenters. The lowest BCUT2D eigenvalue weighted by molar-refractivity contribution is 0.965. The maximum atomic E-state index is 6.01. The molecule has 0 saturated carbocycles. The number of hydrogen-bond donors (Lipinski definition) is 0. The molecule has 0 saturated heterocycles. The Balaban J connectivity index is 2.99. The van der Waals surface area contributed by atoms with E-state index in [9.17, 15) is 0 Å². The van der Waals surface area contributed by atoms with Crippen LogP contribution in [0.2, 0.25) is 5.02 Å². The van der Waals surface area contributed by atoms with Crippen LogP contribution >= 0.6 is 34.2 Å². The normalized spacial score (nSPS) is 10.9. The summed E-state index contributed by atoms with van der Waals surface area (Å²) in [5.41, 5.74) is 1.98. The fourth-order valence-electron chi connectivity index (χ4n) is 1.24. The smallest absolute Gasteiger partial charge is 0.103 e. The Labute approximate surface area is 88.7 Å². The molecular formula is C8H6ClIN2. The Morgan fingerprint density at radius 1 is 1.58 bits per heavy atom. The average Bonchev–Trinajstić information content (AvgIpc) is 2.29. The second kappa shape index (κ2) is 2.88. The first-order valence-electron chi connectivity index (χ1n) is 3.45. The maximum Gasteiger partial charge on any atom is 0.103 e. The lowest BCUT2D eigenvalue weighted by Gasteiger charge is -1.96. The summed E-state index contributed by atoms with van der Waals surface area (Å²) >= 11 is 8.27. The summed E-state index contributed by atoms with van der Waals surface area (Å²) in [6.07, 6.45) is 3.75. The van der Waals surface area contributed by atoms with Gasteiger partial charge in [0.1, 0.15) is 5.52 Å². The van der Waals surface area contributed by atoms with Crippen molar-refractivity contribution in [2.24, 2.45) is 7.05 Å². The third kappa shape index (κ3) is 1.11. The molecule has 12 heavy (non-hydrogen) atoms. The fraction of sp³-hybridized carbons (Fsp3) is 0.125. The van der Waals surface area contributed by atoms with Gasteiger partial charge in [-0.1, -0.05) is 11.6 Å². The van der Waals surface area contributed by atoms with Crippen LogP contribution in [0.4, 0.5) is 0 Å². The molecule has 0 aliphatic rings. The number of halogens is 2. The predicted octanol–water partition coefficient (Wildman–Crippen LogP) is 2.83. The highest BCUT2D eigenvalue weighted by atomic mass is 127. The molecule has 4 heteroatoms. The van der Waals surface area contributed by atoms with Crippen molar-refractivity contribution in [1.29, 1.82) is 0 Å². The van der Waals surface area contributed by atoms with Gasteiger partial charge in [-0.3, -0.25) is 4.98 Å². The largest absolute Gasteiger partial charge is 0.347 e. The Kier molecular flexibility index (Phi) is 2.00. The van der Waals surface area contributed by atoms with Gasteiger partial charge in [0.15, 0.2) is 0 Å². The monoisotopic (exact) mass is 292 g/mol. The molecule has 0 radical (unpaired) electrons. The van der Waals surface area contributed by atoms with Crippen molar-refractivity contribution in [2.75, 3.05) is 0 Å². The molecule has 2 heterocycles. The van der Waals surface area contributed by atoms with Gasteiger partial charge in [-0.25, -0.2) is 0 Å². The molecule has 0 fully saturated rings. The summed E-state index contributed by atoms with van der Waals surface area (Å²) in [6.45, 7) is 0. The van der Waals surface area contributed by atoms with Gasteiger partial charge in [-0.2, -0.15) is 0 Å². The Morgan fingerprint density at radius 2 is 2.33 bits per heavy atom. The van der Waals surface area contributed by atoms with E-state index in [1.807, 2.05) is 17.8 Å². The summed E-state index contributed by atoms with van der Waals surface area (Å²) in [7, 11) is 1.97. The van der Waals surface area contributed by atoms with Crippen LogP contribution in [0.15, 0.2) is 18.5 Å². The fourth-order valence-corrected chi connectivity index (χ4v) is 2.33. The van der Waals surface area contributed by atoms with E-state index in [4.69, 9.17) is 11.6 Å². The highest BCUT2D eigenvalue weighted by Crippen LogP contribution is 2.25. The van der Waals surface area contributed by atoms with Crippen molar-refractivity contribution in [3.63, 3.8) is 0 Å². The van der Waals surface area contributed by atoms with E-state index >= 15 is 0 Å². The minimum absolute atomic E-state index is 0.755. The highest BCUT2D eigenvalue weighted by molar-refractivity contribution is 14.1. The number of hydrogen-bond acceptors (Lipinski definition) is 1. The molecule has 62 valence electrons. The number of aromatic nitrogens is 2. The lowest BCUT2D eigenvalue weighted by atomic mass is 10.4. The zero-order chi connectivity index (χ0) is 8.72. The topological polar surface area (TPSA) is 17.8 Å². The van der Waals surface area contributed by atoms with Crippen LogP contribution < -0.4 is 0 Å². The average molecular weight is 293 g/mol. The van der Waals surface area contributed by atoms with Crippen LogP contribution in [-0.4, -0.2) is 9.55 Å². The van der Waals surface area contributed by atoms with Crippen LogP contribution in [0.3, 0.4) is 0 Å². The minimum Gasteiger partial charge on any atom is -0.347 e. The molecule has 2 rings (SSSR count). The summed E-state index contributed by atoms with van der Waals surface area (Å²) in [6, 6.07) is 1.81. The third-order valence-electron chi connectivity index (χ3n) is 1.76. The van der Waals surface area contributed by atoms with E-state index in [1.54, 1.807) is 12.3 Å². The molecule has 0 bridgehead atoms. The summed E-state index contributed by atoms with van der Waals surface area (Å²) in [5, 5.41) is 0.755. The second-order valence-electron chi connectivity index (χ2n) is 2.58. The van der Waals surface area contributed by atoms with Gasteiger partial charge < -0.3 is 4.57 Å². The standard InChI is InChI=1S/C8H6ClIN2/c1-12-4-6(10)7-8(12)5(9)2-3-11-7/h2-4H,1H3. The minimum atomic E-state index is 0.755. The van der Waals surface area contributed by atoms with Crippen LogP contribution in [0.25, 0.3) is 11.0 Å². The quantitative estimate of drug-likeness (QED) is 0.683. The Morgan fingerprint density at radius 3 is 3.00 bits per heavy atom. The molecule has 0 amide bonds. The first-order chi connectivity index (χ1) is 5.70. The second-order valence-corrected chi connectivity index (χ2v) is 4.15. The Bertz CT molecular complexity index is 436. The number of nitrogens with zero attached hydrogens (tertiary/aromatic N) is 2. The van der Waals surface area contributed by atoms with Gasteiger partial charge in [0.2, 0.25) is 0 Å². The van der Waals surface area contributed by atoms with Gasteiger partial charge in [-0.15, -0.1) is 0 Å². The van der Waals surface area contributed by atoms with E-state index in [1.165, 1.54) is 0 Å². The molecule has 2 nitrogen and oxygen atoms in total. The molecule has 2 aromatic rings. The number of fused-ring (bicyclic) bond motifs is 1. The highest BCUT2D eigenvalue weighted by Gasteiger charge is 2.07. The SMILES string of the molecule is Cn1cc(I)c2nccc(Cl)c21. The maximum absolute atomic E-state index is 6.01. The molecule has 2 aromatic heterocycles. The molecule has 0 spiro atoms. The molecule has 0 aromatic carbocycles. The first-order valence-corrected chi connectivity index (χ1v) is 4.91. The van der Waals surface area contributed by atoms with Crippen LogP contribution in [-0.2, 0) is 7.05 Å². The number of rotatable bonds is 0. The van der Waals surface area contributed by atoms with Crippen molar-refractivity contribution in [3.05, 3.63) is 27.1 Å². The molecule has 0 N–H and O–H groups in total. The van der Waals surface area contributed by atoms with Crippen molar-refractivity contribution in [2.45, 2.75) is 0 Å². The Hall–Kier alpha value is -0.290. The van der Waals surface area contributed by atoms with E-state index in [-0.39, 0.29) is 0 Å². The molecule has 0 aliphatic carbocycles. The van der Waals surface area contributed by atoms with Crippen molar-refractivity contribution in [3.8, 4) is 0 Å². The summed E-state index contributed by atoms with van der Waals surface area (Å²) in [4.78, 5) is 4.25. The van der Waals surface area contributed by atoms with Crippen molar-refractivity contribution < 1.29 is 0 Å². The zero-order valence-corrected chi connectivity index (χ0v) is 9.30. The third-order valence-corrected chi connectivity index (χ3v) is 2.86. The summed E-state index contributed by atoms with van der Waals surface area (Å²) < 4.78 is 3.12. The molecular weight excluding hydrogens is 286 g/mol. The number of aryl methyl sites for hydroxylation is 1. The van der Waals surface area contributed by atoms with Crippen LogP contribution in [0.1, 0.15) is 0 Å². The van der Waals surface area contributed by atoms with E-state index < -0.39 is 0 Å². The van der Waals surface area contributed by atoms with Gasteiger partial charge in [0.05, 0.1) is 14.1 Å². The van der Waals surface area contributed by atoms with Crippen LogP contribution in [0, 0.1) is 3.57 Å². The van der Waals surface area contributed by atoms with Crippen molar-refractivity contribution >= 4 is 45.2 Å². The lowest BCUT2D eigenvalue weighted by Crippen LogP contribution is -1.85.